The highest BCUT2D eigenvalue weighted by Gasteiger charge is 2.43. The van der Waals surface area contributed by atoms with Crippen molar-refractivity contribution in [1.82, 2.24) is 5.32 Å². The van der Waals surface area contributed by atoms with Gasteiger partial charge in [-0.3, -0.25) is 10.1 Å². The Morgan fingerprint density at radius 3 is 2.19 bits per heavy atom. The molecule has 8 heteroatoms. The first kappa shape index (κ1) is 20.2. The SMILES string of the molecule is O=C(N[C@H]([NH+]1CCN(c2ccccc2)CC1)C(Cl)(Cl)Cl)c1ccc(F)cc1. The summed E-state index contributed by atoms with van der Waals surface area (Å²) >= 11 is 18.5. The summed E-state index contributed by atoms with van der Waals surface area (Å²) < 4.78 is 11.4. The summed E-state index contributed by atoms with van der Waals surface area (Å²) in [5, 5.41) is 2.80. The van der Waals surface area contributed by atoms with Gasteiger partial charge in [0.05, 0.1) is 26.2 Å². The highest BCUT2D eigenvalue weighted by Crippen LogP contribution is 2.28. The molecule has 1 saturated heterocycles. The number of benzene rings is 2. The van der Waals surface area contributed by atoms with E-state index in [-0.39, 0.29) is 0 Å². The summed E-state index contributed by atoms with van der Waals surface area (Å²) in [5.74, 6) is -0.809. The van der Waals surface area contributed by atoms with E-state index >= 15 is 0 Å². The molecule has 1 aliphatic rings. The lowest BCUT2D eigenvalue weighted by Gasteiger charge is -2.39. The average Bonchev–Trinajstić information content (AvgIpc) is 2.66. The number of alkyl halides is 3. The molecule has 0 aliphatic carbocycles. The summed E-state index contributed by atoms with van der Waals surface area (Å²) in [6, 6.07) is 15.4. The van der Waals surface area contributed by atoms with Crippen LogP contribution in [0.2, 0.25) is 0 Å². The average molecular weight is 432 g/mol. The lowest BCUT2D eigenvalue weighted by Crippen LogP contribution is -3.21. The van der Waals surface area contributed by atoms with E-state index in [4.69, 9.17) is 34.8 Å². The van der Waals surface area contributed by atoms with Crippen LogP contribution in [0.5, 0.6) is 0 Å². The third-order valence-corrected chi connectivity index (χ3v) is 5.30. The Bertz CT molecular complexity index is 760. The minimum absolute atomic E-state index is 0.318. The topological polar surface area (TPSA) is 36.8 Å². The summed E-state index contributed by atoms with van der Waals surface area (Å²) in [7, 11) is 0. The molecule has 2 aromatic rings. The molecule has 0 aromatic heterocycles. The Hall–Kier alpha value is -1.53. The number of anilines is 1. The van der Waals surface area contributed by atoms with Crippen LogP contribution in [0.3, 0.4) is 0 Å². The summed E-state index contributed by atoms with van der Waals surface area (Å²) in [4.78, 5) is 15.8. The van der Waals surface area contributed by atoms with Crippen molar-refractivity contribution in [3.05, 3.63) is 66.0 Å². The number of piperazine rings is 1. The number of para-hydroxylation sites is 1. The van der Waals surface area contributed by atoms with Gasteiger partial charge in [-0.25, -0.2) is 4.39 Å². The van der Waals surface area contributed by atoms with Crippen LogP contribution >= 0.6 is 34.8 Å². The van der Waals surface area contributed by atoms with E-state index in [0.29, 0.717) is 18.7 Å². The molecule has 4 nitrogen and oxygen atoms in total. The monoisotopic (exact) mass is 430 g/mol. The first-order valence-corrected chi connectivity index (χ1v) is 9.76. The number of amides is 1. The van der Waals surface area contributed by atoms with Crippen LogP contribution in [0.25, 0.3) is 0 Å². The summed E-state index contributed by atoms with van der Waals surface area (Å²) in [6.07, 6.45) is -0.710. The predicted octanol–water partition coefficient (Wildman–Crippen LogP) is 2.66. The summed E-state index contributed by atoms with van der Waals surface area (Å²) in [6.45, 7) is 2.97. The Morgan fingerprint density at radius 2 is 1.63 bits per heavy atom. The van der Waals surface area contributed by atoms with Crippen LogP contribution in [-0.4, -0.2) is 42.0 Å². The van der Waals surface area contributed by atoms with Gasteiger partial charge >= 0.3 is 0 Å². The summed E-state index contributed by atoms with van der Waals surface area (Å²) in [5.41, 5.74) is 1.47. The second kappa shape index (κ2) is 8.65. The molecule has 3 rings (SSSR count). The van der Waals surface area contributed by atoms with Crippen molar-refractivity contribution in [2.45, 2.75) is 9.96 Å². The minimum atomic E-state index is -1.67. The van der Waals surface area contributed by atoms with Gasteiger partial charge in [0.2, 0.25) is 6.17 Å². The van der Waals surface area contributed by atoms with Crippen LogP contribution < -0.4 is 15.1 Å². The van der Waals surface area contributed by atoms with E-state index in [1.807, 2.05) is 18.2 Å². The molecule has 1 fully saturated rings. The van der Waals surface area contributed by atoms with Crippen molar-refractivity contribution in [3.63, 3.8) is 0 Å². The van der Waals surface area contributed by atoms with Crippen molar-refractivity contribution < 1.29 is 14.1 Å². The zero-order chi connectivity index (χ0) is 19.4. The molecule has 0 saturated carbocycles. The first-order valence-electron chi connectivity index (χ1n) is 8.62. The smallest absolute Gasteiger partial charge is 0.262 e. The molecule has 1 atom stereocenters. The zero-order valence-corrected chi connectivity index (χ0v) is 16.7. The van der Waals surface area contributed by atoms with Gasteiger partial charge in [0, 0.05) is 11.3 Å². The van der Waals surface area contributed by atoms with Gasteiger partial charge in [-0.2, -0.15) is 0 Å². The standard InChI is InChI=1S/C19H19Cl3FN3O/c20-19(21,22)18(24-17(27)14-6-8-15(23)9-7-14)26-12-10-25(11-13-26)16-4-2-1-3-5-16/h1-9,18H,10-13H2,(H,24,27)/p+1/t18-/m1/s1. The number of hydrogen-bond acceptors (Lipinski definition) is 2. The third kappa shape index (κ3) is 5.26. The van der Waals surface area contributed by atoms with E-state index in [0.717, 1.165) is 23.7 Å². The molecule has 2 N–H and O–H groups in total. The Labute approximate surface area is 172 Å². The van der Waals surface area contributed by atoms with Crippen molar-refractivity contribution in [1.29, 1.82) is 0 Å². The molecule has 0 bridgehead atoms. The molecular formula is C19H20Cl3FN3O+. The second-order valence-electron chi connectivity index (χ2n) is 6.44. The fourth-order valence-corrected chi connectivity index (χ4v) is 3.84. The van der Waals surface area contributed by atoms with Gasteiger partial charge in [0.25, 0.3) is 9.70 Å². The van der Waals surface area contributed by atoms with Crippen molar-refractivity contribution in [2.75, 3.05) is 31.1 Å². The quantitative estimate of drug-likeness (QED) is 0.730. The molecule has 1 heterocycles. The fraction of sp³-hybridized carbons (Fsp3) is 0.316. The van der Waals surface area contributed by atoms with Crippen LogP contribution in [0.1, 0.15) is 10.4 Å². The van der Waals surface area contributed by atoms with Crippen molar-refractivity contribution in [2.24, 2.45) is 0 Å². The second-order valence-corrected chi connectivity index (χ2v) is 8.80. The number of quaternary nitrogens is 1. The maximum Gasteiger partial charge on any atom is 0.262 e. The fourth-order valence-electron chi connectivity index (χ4n) is 3.21. The highest BCUT2D eigenvalue weighted by molar-refractivity contribution is 6.68. The van der Waals surface area contributed by atoms with E-state index in [9.17, 15) is 9.18 Å². The van der Waals surface area contributed by atoms with Gasteiger partial charge in [0.1, 0.15) is 5.82 Å². The molecule has 27 heavy (non-hydrogen) atoms. The van der Waals surface area contributed by atoms with E-state index in [1.165, 1.54) is 24.3 Å². The largest absolute Gasteiger partial charge is 0.360 e. The van der Waals surface area contributed by atoms with Gasteiger partial charge in [-0.15, -0.1) is 0 Å². The molecule has 1 aliphatic heterocycles. The van der Waals surface area contributed by atoms with Crippen LogP contribution in [0, 0.1) is 5.82 Å². The van der Waals surface area contributed by atoms with Gasteiger partial charge in [-0.1, -0.05) is 53.0 Å². The number of carbonyl (C=O) groups excluding carboxylic acids is 1. The van der Waals surface area contributed by atoms with E-state index in [2.05, 4.69) is 22.3 Å². The van der Waals surface area contributed by atoms with Crippen molar-refractivity contribution in [3.8, 4) is 0 Å². The molecular weight excluding hydrogens is 412 g/mol. The number of halogens is 4. The first-order chi connectivity index (χ1) is 12.8. The number of carbonyl (C=O) groups is 1. The zero-order valence-electron chi connectivity index (χ0n) is 14.5. The Balaban J connectivity index is 1.67. The maximum atomic E-state index is 13.1. The number of rotatable bonds is 4. The van der Waals surface area contributed by atoms with Crippen LogP contribution in [0.4, 0.5) is 10.1 Å². The van der Waals surface area contributed by atoms with Gasteiger partial charge in [-0.05, 0) is 36.4 Å². The Morgan fingerprint density at radius 1 is 1.04 bits per heavy atom. The molecule has 0 unspecified atom stereocenters. The molecule has 0 spiro atoms. The number of nitrogens with zero attached hydrogens (tertiary/aromatic N) is 1. The van der Waals surface area contributed by atoms with E-state index < -0.39 is 21.7 Å². The highest BCUT2D eigenvalue weighted by atomic mass is 35.6. The molecule has 144 valence electrons. The van der Waals surface area contributed by atoms with E-state index in [1.54, 1.807) is 0 Å². The molecule has 1 amide bonds. The van der Waals surface area contributed by atoms with Crippen LogP contribution in [-0.2, 0) is 0 Å². The van der Waals surface area contributed by atoms with Crippen molar-refractivity contribution >= 4 is 46.4 Å². The van der Waals surface area contributed by atoms with Gasteiger partial charge < -0.3 is 9.80 Å². The molecule has 2 aromatic carbocycles. The predicted molar refractivity (Wildman–Crippen MR) is 107 cm³/mol. The maximum absolute atomic E-state index is 13.1. The lowest BCUT2D eigenvalue weighted by atomic mass is 10.2. The molecule has 0 radical (unpaired) electrons. The third-order valence-electron chi connectivity index (χ3n) is 4.64. The number of hydrogen-bond donors (Lipinski definition) is 2. The lowest BCUT2D eigenvalue weighted by molar-refractivity contribution is -0.927. The van der Waals surface area contributed by atoms with Crippen LogP contribution in [0.15, 0.2) is 54.6 Å². The normalized spacial score (nSPS) is 16.8. The van der Waals surface area contributed by atoms with Gasteiger partial charge in [0.15, 0.2) is 0 Å². The minimum Gasteiger partial charge on any atom is -0.360 e. The Kier molecular flexibility index (Phi) is 6.48. The number of nitrogens with one attached hydrogen (secondary N) is 2.